The van der Waals surface area contributed by atoms with E-state index < -0.39 is 99.3 Å². The first-order valence-electron chi connectivity index (χ1n) is 22.9. The fraction of sp³-hybridized carbons (Fsp3) is 0.745. The van der Waals surface area contributed by atoms with Crippen molar-refractivity contribution in [3.05, 3.63) is 60.8 Å². The summed E-state index contributed by atoms with van der Waals surface area (Å²) in [6.07, 6.45) is 20.2. The number of rotatable bonds is 33. The van der Waals surface area contributed by atoms with Crippen LogP contribution in [0.5, 0.6) is 0 Å². The third kappa shape index (κ3) is 23.2. The van der Waals surface area contributed by atoms with Crippen LogP contribution in [0, 0.1) is 0 Å². The van der Waals surface area contributed by atoms with Crippen LogP contribution in [0.3, 0.4) is 0 Å². The molecule has 2 saturated heterocycles. The Bertz CT molecular complexity index is 1320. The molecule has 7 N–H and O–H groups in total. The lowest BCUT2D eigenvalue weighted by atomic mass is 9.98. The number of carbonyl (C=O) groups is 2. The van der Waals surface area contributed by atoms with E-state index in [4.69, 9.17) is 28.4 Å². The molecule has 2 aliphatic rings. The molecule has 4 unspecified atom stereocenters. The van der Waals surface area contributed by atoms with Crippen molar-refractivity contribution in [2.75, 3.05) is 26.4 Å². The summed E-state index contributed by atoms with van der Waals surface area (Å²) in [6, 6.07) is 0. The number of aliphatic hydroxyl groups is 7. The molecule has 2 aliphatic heterocycles. The van der Waals surface area contributed by atoms with Crippen molar-refractivity contribution < 1.29 is 73.8 Å². The van der Waals surface area contributed by atoms with Gasteiger partial charge in [0, 0.05) is 12.8 Å². The van der Waals surface area contributed by atoms with Crippen LogP contribution in [0.15, 0.2) is 60.8 Å². The molecule has 2 heterocycles. The van der Waals surface area contributed by atoms with E-state index in [1.807, 2.05) is 12.2 Å². The second kappa shape index (κ2) is 34.6. The summed E-state index contributed by atoms with van der Waals surface area (Å²) in [5.41, 5.74) is 0. The normalized spacial score (nSPS) is 27.6. The number of aliphatic hydroxyl groups excluding tert-OH is 7. The van der Waals surface area contributed by atoms with Gasteiger partial charge in [0.1, 0.15) is 55.4 Å². The highest BCUT2D eigenvalue weighted by Crippen LogP contribution is 2.26. The van der Waals surface area contributed by atoms with Crippen LogP contribution in [-0.4, -0.2) is 142 Å². The van der Waals surface area contributed by atoms with E-state index in [2.05, 4.69) is 62.5 Å². The van der Waals surface area contributed by atoms with Crippen LogP contribution in [0.1, 0.15) is 129 Å². The molecular weight excluding hydrogens is 805 g/mol. The molecular formula is C47H78O15. The van der Waals surface area contributed by atoms with Gasteiger partial charge in [0.25, 0.3) is 0 Å². The van der Waals surface area contributed by atoms with Gasteiger partial charge >= 0.3 is 11.9 Å². The highest BCUT2D eigenvalue weighted by molar-refractivity contribution is 5.70. The molecule has 15 heteroatoms. The third-order valence-corrected chi connectivity index (χ3v) is 10.5. The van der Waals surface area contributed by atoms with Gasteiger partial charge in [-0.05, 0) is 51.4 Å². The quantitative estimate of drug-likeness (QED) is 0.0263. The maximum atomic E-state index is 12.8. The first kappa shape index (κ1) is 55.3. The van der Waals surface area contributed by atoms with E-state index in [1.54, 1.807) is 0 Å². The van der Waals surface area contributed by atoms with Gasteiger partial charge in [-0.3, -0.25) is 9.59 Å². The Morgan fingerprint density at radius 3 is 1.58 bits per heavy atom. The van der Waals surface area contributed by atoms with E-state index in [0.29, 0.717) is 12.8 Å². The summed E-state index contributed by atoms with van der Waals surface area (Å²) < 4.78 is 33.2. The lowest BCUT2D eigenvalue weighted by Crippen LogP contribution is -2.61. The van der Waals surface area contributed by atoms with E-state index in [0.717, 1.165) is 64.2 Å². The van der Waals surface area contributed by atoms with Gasteiger partial charge in [-0.25, -0.2) is 0 Å². The lowest BCUT2D eigenvalue weighted by Gasteiger charge is -2.42. The Hall–Kier alpha value is -2.80. The Balaban J connectivity index is 1.84. The van der Waals surface area contributed by atoms with Crippen molar-refractivity contribution in [3.63, 3.8) is 0 Å². The van der Waals surface area contributed by atoms with Crippen molar-refractivity contribution in [3.8, 4) is 0 Å². The van der Waals surface area contributed by atoms with Crippen LogP contribution >= 0.6 is 0 Å². The zero-order valence-electron chi connectivity index (χ0n) is 37.1. The smallest absolute Gasteiger partial charge is 0.306 e. The van der Waals surface area contributed by atoms with Crippen LogP contribution in [-0.2, 0) is 38.0 Å². The van der Waals surface area contributed by atoms with Gasteiger partial charge in [-0.2, -0.15) is 0 Å². The predicted octanol–water partition coefficient (Wildman–Crippen LogP) is 4.92. The Labute approximate surface area is 369 Å². The summed E-state index contributed by atoms with van der Waals surface area (Å²) in [5, 5.41) is 71.7. The van der Waals surface area contributed by atoms with E-state index in [9.17, 15) is 45.3 Å². The van der Waals surface area contributed by atoms with E-state index in [-0.39, 0.29) is 19.4 Å². The summed E-state index contributed by atoms with van der Waals surface area (Å²) >= 11 is 0. The third-order valence-electron chi connectivity index (χ3n) is 10.5. The van der Waals surface area contributed by atoms with Crippen molar-refractivity contribution >= 4 is 11.9 Å². The van der Waals surface area contributed by atoms with Crippen LogP contribution in [0.4, 0.5) is 0 Å². The molecule has 0 amide bonds. The van der Waals surface area contributed by atoms with Crippen molar-refractivity contribution in [1.82, 2.24) is 0 Å². The van der Waals surface area contributed by atoms with Crippen molar-refractivity contribution in [2.45, 2.75) is 197 Å². The number of carbonyl (C=O) groups excluding carboxylic acids is 2. The molecule has 0 bridgehead atoms. The molecule has 0 aromatic rings. The molecule has 2 fully saturated rings. The fourth-order valence-corrected chi connectivity index (χ4v) is 6.67. The summed E-state index contributed by atoms with van der Waals surface area (Å²) in [5.74, 6) is -1.03. The van der Waals surface area contributed by atoms with Crippen molar-refractivity contribution in [1.29, 1.82) is 0 Å². The first-order chi connectivity index (χ1) is 30.0. The summed E-state index contributed by atoms with van der Waals surface area (Å²) in [7, 11) is 0. The van der Waals surface area contributed by atoms with Gasteiger partial charge in [0.05, 0.1) is 19.8 Å². The minimum Gasteiger partial charge on any atom is -0.462 e. The SMILES string of the molecule is CCCCC/C=C/C/C=C/C/C=C/C/C=C/C/C=C/CCC(=O)OC[C@@H](CO[C@@H]1O[C@H](CO[C@@H]2O[C@H](CO)[C@H](O)C(O)C2O)[C@H](O)C(O)C1O)OC(=O)CCCCCCCCC. The molecule has 2 rings (SSSR count). The van der Waals surface area contributed by atoms with Gasteiger partial charge in [-0.15, -0.1) is 0 Å². The van der Waals surface area contributed by atoms with Gasteiger partial charge in [-0.1, -0.05) is 126 Å². The first-order valence-corrected chi connectivity index (χ1v) is 22.9. The Morgan fingerprint density at radius 2 is 1.00 bits per heavy atom. The number of hydrogen-bond acceptors (Lipinski definition) is 15. The monoisotopic (exact) mass is 883 g/mol. The molecule has 0 spiro atoms. The topological polar surface area (TPSA) is 231 Å². The van der Waals surface area contributed by atoms with Crippen molar-refractivity contribution in [2.24, 2.45) is 0 Å². The highest BCUT2D eigenvalue weighted by atomic mass is 16.7. The zero-order valence-corrected chi connectivity index (χ0v) is 37.1. The zero-order chi connectivity index (χ0) is 45.4. The summed E-state index contributed by atoms with van der Waals surface area (Å²) in [4.78, 5) is 25.5. The molecule has 0 saturated carbocycles. The number of ether oxygens (including phenoxy) is 6. The molecule has 0 aromatic carbocycles. The average molecular weight is 883 g/mol. The number of allylic oxidation sites excluding steroid dienone is 10. The average Bonchev–Trinajstić information content (AvgIpc) is 3.26. The van der Waals surface area contributed by atoms with E-state index in [1.165, 1.54) is 25.7 Å². The van der Waals surface area contributed by atoms with Gasteiger partial charge in [0.15, 0.2) is 18.7 Å². The standard InChI is InChI=1S/C47H78O15/c1-3-5-7-9-11-12-13-14-15-16-17-18-19-20-21-22-24-25-27-29-38(49)57-32-35(60-39(50)30-28-26-23-10-8-6-4-2)33-58-46-45(56)43(54)41(52)37(62-46)34-59-47-44(55)42(53)40(51)36(31-48)61-47/h11-12,14-15,17-18,20-21,24-25,35-37,40-48,51-56H,3-10,13,16,19,22-23,26-34H2,1-2H3/b12-11+,15-14+,18-17+,21-20+,25-24+/t35-,36+,37+,40-,41-,42?,43?,44?,45?,46+,47+/m0/s1. The largest absolute Gasteiger partial charge is 0.462 e. The lowest BCUT2D eigenvalue weighted by molar-refractivity contribution is -0.332. The molecule has 11 atom stereocenters. The summed E-state index contributed by atoms with van der Waals surface area (Å²) in [6.45, 7) is 2.39. The number of unbranched alkanes of at least 4 members (excludes halogenated alkanes) is 9. The van der Waals surface area contributed by atoms with E-state index >= 15 is 0 Å². The second-order valence-corrected chi connectivity index (χ2v) is 15.9. The van der Waals surface area contributed by atoms with Crippen LogP contribution in [0.2, 0.25) is 0 Å². The highest BCUT2D eigenvalue weighted by Gasteiger charge is 2.47. The molecule has 0 aromatic heterocycles. The Kier molecular flexibility index (Phi) is 30.9. The minimum absolute atomic E-state index is 0.0926. The van der Waals surface area contributed by atoms with Crippen LogP contribution < -0.4 is 0 Å². The second-order valence-electron chi connectivity index (χ2n) is 15.9. The van der Waals surface area contributed by atoms with Crippen LogP contribution in [0.25, 0.3) is 0 Å². The molecule has 356 valence electrons. The predicted molar refractivity (Wildman–Crippen MR) is 233 cm³/mol. The molecule has 62 heavy (non-hydrogen) atoms. The number of hydrogen-bond donors (Lipinski definition) is 7. The maximum Gasteiger partial charge on any atom is 0.306 e. The Morgan fingerprint density at radius 1 is 0.516 bits per heavy atom. The molecule has 15 nitrogen and oxygen atoms in total. The fourth-order valence-electron chi connectivity index (χ4n) is 6.67. The maximum absolute atomic E-state index is 12.8. The molecule has 0 aliphatic carbocycles. The minimum atomic E-state index is -1.77. The number of esters is 2. The van der Waals surface area contributed by atoms with Gasteiger partial charge in [0.2, 0.25) is 0 Å². The van der Waals surface area contributed by atoms with Gasteiger partial charge < -0.3 is 64.2 Å². The molecule has 0 radical (unpaired) electrons.